The Balaban J connectivity index is 1.52. The van der Waals surface area contributed by atoms with Crippen molar-refractivity contribution >= 4 is 0 Å². The lowest BCUT2D eigenvalue weighted by atomic mass is 10.0. The average molecular weight is 315 g/mol. The van der Waals surface area contributed by atoms with Crippen molar-refractivity contribution in [1.82, 2.24) is 4.90 Å². The third-order valence-corrected chi connectivity index (χ3v) is 4.71. The van der Waals surface area contributed by atoms with Gasteiger partial charge in [-0.05, 0) is 62.1 Å². The molecule has 4 heteroatoms. The molecule has 1 N–H and O–H groups in total. The summed E-state index contributed by atoms with van der Waals surface area (Å²) in [5.74, 6) is 1.57. The van der Waals surface area contributed by atoms with Gasteiger partial charge < -0.3 is 14.3 Å². The van der Waals surface area contributed by atoms with Gasteiger partial charge in [-0.1, -0.05) is 12.1 Å². The summed E-state index contributed by atoms with van der Waals surface area (Å²) in [5.41, 5.74) is 1.32. The van der Waals surface area contributed by atoms with Crippen LogP contribution in [0.15, 0.2) is 47.1 Å². The summed E-state index contributed by atoms with van der Waals surface area (Å²) >= 11 is 0. The number of hydrogen-bond acceptors (Lipinski definition) is 4. The molecule has 1 saturated heterocycles. The molecule has 2 unspecified atom stereocenters. The maximum Gasteiger partial charge on any atom is 0.132 e. The molecule has 1 fully saturated rings. The van der Waals surface area contributed by atoms with Crippen molar-refractivity contribution in [3.8, 4) is 5.75 Å². The highest BCUT2D eigenvalue weighted by Crippen LogP contribution is 2.27. The number of hydrogen-bond donors (Lipinski definition) is 1. The maximum absolute atomic E-state index is 10.3. The zero-order valence-corrected chi connectivity index (χ0v) is 13.6. The van der Waals surface area contributed by atoms with E-state index in [2.05, 4.69) is 17.0 Å². The van der Waals surface area contributed by atoms with Gasteiger partial charge in [0.2, 0.25) is 0 Å². The molecule has 1 aromatic heterocycles. The van der Waals surface area contributed by atoms with E-state index in [1.165, 1.54) is 12.0 Å². The van der Waals surface area contributed by atoms with Crippen LogP contribution >= 0.6 is 0 Å². The van der Waals surface area contributed by atoms with Crippen LogP contribution in [0.5, 0.6) is 5.75 Å². The number of benzene rings is 1. The molecule has 0 saturated carbocycles. The molecule has 3 rings (SSSR count). The Morgan fingerprint density at radius 2 is 2.13 bits per heavy atom. The van der Waals surface area contributed by atoms with E-state index in [-0.39, 0.29) is 0 Å². The Bertz CT molecular complexity index is 579. The monoisotopic (exact) mass is 315 g/mol. The van der Waals surface area contributed by atoms with Gasteiger partial charge in [0, 0.05) is 12.6 Å². The highest BCUT2D eigenvalue weighted by atomic mass is 16.5. The minimum atomic E-state index is -0.503. The van der Waals surface area contributed by atoms with Gasteiger partial charge in [0.25, 0.3) is 0 Å². The van der Waals surface area contributed by atoms with Crippen molar-refractivity contribution in [1.29, 1.82) is 0 Å². The first-order valence-electron chi connectivity index (χ1n) is 8.34. The number of aliphatic hydroxyl groups excluding tert-OH is 1. The zero-order valence-electron chi connectivity index (χ0n) is 13.6. The lowest BCUT2D eigenvalue weighted by Crippen LogP contribution is -2.32. The molecule has 0 aliphatic carbocycles. The summed E-state index contributed by atoms with van der Waals surface area (Å²) < 4.78 is 10.5. The molecule has 1 aliphatic heterocycles. The first kappa shape index (κ1) is 16.1. The van der Waals surface area contributed by atoms with Crippen LogP contribution in [-0.2, 0) is 6.42 Å². The van der Waals surface area contributed by atoms with Crippen molar-refractivity contribution in [3.63, 3.8) is 0 Å². The van der Waals surface area contributed by atoms with Crippen molar-refractivity contribution in [3.05, 3.63) is 54.0 Å². The lowest BCUT2D eigenvalue weighted by Gasteiger charge is -2.26. The Morgan fingerprint density at radius 3 is 2.83 bits per heavy atom. The molecule has 0 bridgehead atoms. The van der Waals surface area contributed by atoms with E-state index in [1.807, 2.05) is 24.3 Å². The van der Waals surface area contributed by atoms with Crippen molar-refractivity contribution < 1.29 is 14.3 Å². The van der Waals surface area contributed by atoms with Crippen LogP contribution in [0.4, 0.5) is 0 Å². The molecule has 0 amide bonds. The second-order valence-electron chi connectivity index (χ2n) is 6.20. The van der Waals surface area contributed by atoms with E-state index in [4.69, 9.17) is 9.15 Å². The molecular weight excluding hydrogens is 290 g/mol. The zero-order chi connectivity index (χ0) is 16.1. The topological polar surface area (TPSA) is 45.8 Å². The van der Waals surface area contributed by atoms with Crippen LogP contribution in [0.25, 0.3) is 0 Å². The van der Waals surface area contributed by atoms with E-state index in [0.29, 0.717) is 11.8 Å². The quantitative estimate of drug-likeness (QED) is 0.850. The Morgan fingerprint density at radius 1 is 1.30 bits per heavy atom. The van der Waals surface area contributed by atoms with Gasteiger partial charge in [-0.2, -0.15) is 0 Å². The van der Waals surface area contributed by atoms with E-state index in [0.717, 1.165) is 38.1 Å². The summed E-state index contributed by atoms with van der Waals surface area (Å²) in [6.07, 6.45) is 5.25. The number of methoxy groups -OCH3 is 1. The largest absolute Gasteiger partial charge is 0.497 e. The van der Waals surface area contributed by atoms with Gasteiger partial charge >= 0.3 is 0 Å². The number of aliphatic hydroxyl groups is 1. The highest BCUT2D eigenvalue weighted by molar-refractivity contribution is 5.27. The second kappa shape index (κ2) is 7.66. The number of ether oxygens (including phenoxy) is 1. The van der Waals surface area contributed by atoms with Crippen LogP contribution in [0, 0.1) is 0 Å². The van der Waals surface area contributed by atoms with E-state index < -0.39 is 6.10 Å². The van der Waals surface area contributed by atoms with Gasteiger partial charge in [0.15, 0.2) is 0 Å². The molecule has 2 atom stereocenters. The molecular formula is C19H25NO3. The smallest absolute Gasteiger partial charge is 0.132 e. The SMILES string of the molecule is COc1ccc(CCN2CCCC2CC(O)c2ccco2)cc1. The summed E-state index contributed by atoms with van der Waals surface area (Å²) in [4.78, 5) is 2.50. The van der Waals surface area contributed by atoms with Gasteiger partial charge in [-0.3, -0.25) is 4.90 Å². The molecule has 4 nitrogen and oxygen atoms in total. The van der Waals surface area contributed by atoms with Gasteiger partial charge in [-0.25, -0.2) is 0 Å². The fourth-order valence-electron chi connectivity index (χ4n) is 3.38. The third-order valence-electron chi connectivity index (χ3n) is 4.71. The molecule has 0 spiro atoms. The molecule has 0 radical (unpaired) electrons. The summed E-state index contributed by atoms with van der Waals surface area (Å²) in [5, 5.41) is 10.3. The molecule has 1 aromatic carbocycles. The second-order valence-corrected chi connectivity index (χ2v) is 6.20. The third kappa shape index (κ3) is 4.15. The minimum Gasteiger partial charge on any atom is -0.497 e. The van der Waals surface area contributed by atoms with Crippen molar-refractivity contribution in [2.24, 2.45) is 0 Å². The van der Waals surface area contributed by atoms with Crippen LogP contribution in [-0.4, -0.2) is 36.2 Å². The fraction of sp³-hybridized carbons (Fsp3) is 0.474. The molecule has 1 aliphatic rings. The minimum absolute atomic E-state index is 0.438. The van der Waals surface area contributed by atoms with Crippen molar-refractivity contribution in [2.75, 3.05) is 20.2 Å². The maximum atomic E-state index is 10.3. The predicted molar refractivity (Wildman–Crippen MR) is 89.6 cm³/mol. The van der Waals surface area contributed by atoms with Crippen LogP contribution in [0.2, 0.25) is 0 Å². The standard InChI is InChI=1S/C19H25NO3/c1-22-17-8-6-15(7-9-17)10-12-20-11-2-4-16(20)14-18(21)19-5-3-13-23-19/h3,5-9,13,16,18,21H,2,4,10-12,14H2,1H3. The van der Waals surface area contributed by atoms with Gasteiger partial charge in [0.05, 0.1) is 13.4 Å². The molecule has 2 heterocycles. The number of likely N-dealkylation sites (tertiary alicyclic amines) is 1. The number of nitrogens with zero attached hydrogens (tertiary/aromatic N) is 1. The van der Waals surface area contributed by atoms with Gasteiger partial charge in [0.1, 0.15) is 17.6 Å². The summed E-state index contributed by atoms with van der Waals surface area (Å²) in [6, 6.07) is 12.4. The van der Waals surface area contributed by atoms with E-state index in [1.54, 1.807) is 13.4 Å². The summed E-state index contributed by atoms with van der Waals surface area (Å²) in [7, 11) is 1.69. The van der Waals surface area contributed by atoms with Crippen LogP contribution in [0.3, 0.4) is 0 Å². The first-order valence-corrected chi connectivity index (χ1v) is 8.34. The fourth-order valence-corrected chi connectivity index (χ4v) is 3.38. The first-order chi connectivity index (χ1) is 11.3. The van der Waals surface area contributed by atoms with E-state index >= 15 is 0 Å². The summed E-state index contributed by atoms with van der Waals surface area (Å²) in [6.45, 7) is 2.15. The predicted octanol–water partition coefficient (Wildman–Crippen LogP) is 3.42. The number of rotatable bonds is 7. The Kier molecular flexibility index (Phi) is 5.36. The molecule has 124 valence electrons. The number of furan rings is 1. The lowest BCUT2D eigenvalue weighted by molar-refractivity contribution is 0.102. The average Bonchev–Trinajstić information content (AvgIpc) is 3.25. The van der Waals surface area contributed by atoms with Gasteiger partial charge in [-0.15, -0.1) is 0 Å². The molecule has 23 heavy (non-hydrogen) atoms. The normalized spacial score (nSPS) is 19.8. The van der Waals surface area contributed by atoms with Crippen LogP contribution < -0.4 is 4.74 Å². The van der Waals surface area contributed by atoms with Crippen molar-refractivity contribution in [2.45, 2.75) is 37.8 Å². The van der Waals surface area contributed by atoms with E-state index in [9.17, 15) is 5.11 Å². The molecule has 2 aromatic rings. The highest BCUT2D eigenvalue weighted by Gasteiger charge is 2.27. The Hall–Kier alpha value is -1.78. The Labute approximate surface area is 137 Å². The van der Waals surface area contributed by atoms with Crippen LogP contribution in [0.1, 0.15) is 36.7 Å².